The average Bonchev–Trinajstić information content (AvgIpc) is 2.51. The third-order valence-corrected chi connectivity index (χ3v) is 3.93. The molecule has 0 aliphatic heterocycles. The van der Waals surface area contributed by atoms with E-state index < -0.39 is 6.04 Å². The minimum Gasteiger partial charge on any atom is -0.493 e. The number of nitrogens with one attached hydrogen (secondary N) is 1. The Bertz CT molecular complexity index is 533. The van der Waals surface area contributed by atoms with Crippen LogP contribution in [0.3, 0.4) is 0 Å². The molecule has 1 rings (SSSR count). The van der Waals surface area contributed by atoms with Gasteiger partial charge in [0.1, 0.15) is 0 Å². The second kappa shape index (κ2) is 9.74. The van der Waals surface area contributed by atoms with Crippen LogP contribution in [0.5, 0.6) is 11.5 Å². The molecule has 0 saturated carbocycles. The summed E-state index contributed by atoms with van der Waals surface area (Å²) >= 11 is 0. The molecule has 1 atom stereocenters. The quantitative estimate of drug-likeness (QED) is 0.749. The molecular weight excluding hydrogens is 328 g/mol. The van der Waals surface area contributed by atoms with Gasteiger partial charge in [0.25, 0.3) is 0 Å². The van der Waals surface area contributed by atoms with E-state index in [2.05, 4.69) is 33.0 Å². The number of halogens is 1. The molecule has 0 aliphatic carbocycles. The summed E-state index contributed by atoms with van der Waals surface area (Å²) in [6.07, 6.45) is 0.683. The number of amides is 1. The van der Waals surface area contributed by atoms with Crippen molar-refractivity contribution in [3.05, 3.63) is 23.8 Å². The van der Waals surface area contributed by atoms with Crippen LogP contribution < -0.4 is 20.5 Å². The Morgan fingerprint density at radius 2 is 1.79 bits per heavy atom. The number of hydrogen-bond acceptors (Lipinski definition) is 4. The van der Waals surface area contributed by atoms with E-state index in [1.807, 2.05) is 18.2 Å². The van der Waals surface area contributed by atoms with Gasteiger partial charge >= 0.3 is 0 Å². The van der Waals surface area contributed by atoms with Gasteiger partial charge in [0.2, 0.25) is 5.91 Å². The maximum atomic E-state index is 12.1. The lowest BCUT2D eigenvalue weighted by Gasteiger charge is -2.27. The predicted molar refractivity (Wildman–Crippen MR) is 100 cm³/mol. The highest BCUT2D eigenvalue weighted by Crippen LogP contribution is 2.32. The Labute approximate surface area is 151 Å². The van der Waals surface area contributed by atoms with Crippen molar-refractivity contribution in [2.24, 2.45) is 11.7 Å². The summed E-state index contributed by atoms with van der Waals surface area (Å²) in [6, 6.07) is 5.35. The zero-order valence-electron chi connectivity index (χ0n) is 15.5. The predicted octanol–water partition coefficient (Wildman–Crippen LogP) is 2.89. The van der Waals surface area contributed by atoms with E-state index in [0.29, 0.717) is 30.4 Å². The molecule has 0 heterocycles. The number of carbonyl (C=O) groups excluding carboxylic acids is 1. The lowest BCUT2D eigenvalue weighted by atomic mass is 9.84. The van der Waals surface area contributed by atoms with Crippen LogP contribution in [0.25, 0.3) is 0 Å². The maximum absolute atomic E-state index is 12.1. The first-order valence-electron chi connectivity index (χ1n) is 7.97. The monoisotopic (exact) mass is 358 g/mol. The van der Waals surface area contributed by atoms with Crippen molar-refractivity contribution < 1.29 is 14.3 Å². The van der Waals surface area contributed by atoms with Crippen molar-refractivity contribution in [2.45, 2.75) is 45.6 Å². The van der Waals surface area contributed by atoms with Gasteiger partial charge in [0.05, 0.1) is 20.3 Å². The smallest absolute Gasteiger partial charge is 0.236 e. The first kappa shape index (κ1) is 22.5. The lowest BCUT2D eigenvalue weighted by Crippen LogP contribution is -2.45. The number of carbonyl (C=O) groups is 1. The molecule has 6 heteroatoms. The van der Waals surface area contributed by atoms with Crippen molar-refractivity contribution >= 4 is 18.3 Å². The van der Waals surface area contributed by atoms with Gasteiger partial charge in [-0.1, -0.05) is 33.8 Å². The molecule has 0 bridgehead atoms. The van der Waals surface area contributed by atoms with Crippen molar-refractivity contribution in [1.29, 1.82) is 0 Å². The number of rotatable bonds is 8. The second-order valence-corrected chi connectivity index (χ2v) is 6.91. The van der Waals surface area contributed by atoms with Crippen molar-refractivity contribution in [3.63, 3.8) is 0 Å². The first-order chi connectivity index (χ1) is 10.7. The van der Waals surface area contributed by atoms with Gasteiger partial charge in [-0.3, -0.25) is 4.79 Å². The van der Waals surface area contributed by atoms with Crippen LogP contribution in [0.15, 0.2) is 18.2 Å². The molecule has 0 spiro atoms. The fourth-order valence-corrected chi connectivity index (χ4v) is 2.41. The highest BCUT2D eigenvalue weighted by atomic mass is 35.5. The summed E-state index contributed by atoms with van der Waals surface area (Å²) in [6.45, 7) is 8.76. The van der Waals surface area contributed by atoms with Gasteiger partial charge in [-0.15, -0.1) is 12.4 Å². The zero-order chi connectivity index (χ0) is 17.6. The molecular formula is C18H31ClN2O3. The highest BCUT2D eigenvalue weighted by Gasteiger charge is 2.24. The summed E-state index contributed by atoms with van der Waals surface area (Å²) in [5, 5.41) is 2.96. The van der Waals surface area contributed by atoms with Crippen LogP contribution >= 0.6 is 12.4 Å². The van der Waals surface area contributed by atoms with Crippen LogP contribution in [-0.2, 0) is 10.2 Å². The van der Waals surface area contributed by atoms with Gasteiger partial charge in [0, 0.05) is 12.0 Å². The molecule has 24 heavy (non-hydrogen) atoms. The van der Waals surface area contributed by atoms with Gasteiger partial charge in [-0.2, -0.15) is 0 Å². The molecule has 1 aromatic rings. The molecule has 0 saturated heterocycles. The van der Waals surface area contributed by atoms with Crippen molar-refractivity contribution in [1.82, 2.24) is 5.32 Å². The molecule has 0 aromatic heterocycles. The fraction of sp³-hybridized carbons (Fsp3) is 0.611. The van der Waals surface area contributed by atoms with Crippen LogP contribution in [0.4, 0.5) is 0 Å². The number of benzene rings is 1. The summed E-state index contributed by atoms with van der Waals surface area (Å²) in [5.74, 6) is 1.66. The van der Waals surface area contributed by atoms with Crippen LogP contribution in [0, 0.1) is 5.92 Å². The minimum atomic E-state index is -0.462. The third-order valence-electron chi connectivity index (χ3n) is 3.93. The van der Waals surface area contributed by atoms with E-state index in [1.54, 1.807) is 14.2 Å². The normalized spacial score (nSPS) is 12.3. The van der Waals surface area contributed by atoms with E-state index in [4.69, 9.17) is 15.2 Å². The van der Waals surface area contributed by atoms with Gasteiger partial charge < -0.3 is 20.5 Å². The third kappa shape index (κ3) is 6.21. The van der Waals surface area contributed by atoms with Crippen molar-refractivity contribution in [2.75, 3.05) is 20.8 Å². The number of hydrogen-bond donors (Lipinski definition) is 2. The molecule has 0 unspecified atom stereocenters. The Morgan fingerprint density at radius 3 is 2.29 bits per heavy atom. The molecule has 1 aromatic carbocycles. The summed E-state index contributed by atoms with van der Waals surface area (Å²) < 4.78 is 10.6. The molecule has 5 nitrogen and oxygen atoms in total. The lowest BCUT2D eigenvalue weighted by molar-refractivity contribution is -0.122. The Morgan fingerprint density at radius 1 is 1.21 bits per heavy atom. The highest BCUT2D eigenvalue weighted by molar-refractivity contribution is 5.85. The van der Waals surface area contributed by atoms with Crippen molar-refractivity contribution in [3.8, 4) is 11.5 Å². The first-order valence-corrected chi connectivity index (χ1v) is 7.97. The molecule has 1 amide bonds. The van der Waals surface area contributed by atoms with E-state index >= 15 is 0 Å². The van der Waals surface area contributed by atoms with Gasteiger partial charge in [0.15, 0.2) is 11.5 Å². The Kier molecular flexibility index (Phi) is 9.15. The molecule has 0 aliphatic rings. The van der Waals surface area contributed by atoms with Crippen LogP contribution in [0.2, 0.25) is 0 Å². The standard InChI is InChI=1S/C18H30N2O3.ClH/c1-12(2)9-14(19)17(21)20-11-18(3,4)13-7-8-15(22-5)16(10-13)23-6;/h7-8,10,12,14H,9,11,19H2,1-6H3,(H,20,21);1H/t14-;/m0./s1. The van der Waals surface area contributed by atoms with Crippen LogP contribution in [-0.4, -0.2) is 32.7 Å². The summed E-state index contributed by atoms with van der Waals surface area (Å²) in [7, 11) is 3.22. The summed E-state index contributed by atoms with van der Waals surface area (Å²) in [4.78, 5) is 12.1. The molecule has 0 radical (unpaired) electrons. The SMILES string of the molecule is COc1ccc(C(C)(C)CNC(=O)[C@@H](N)CC(C)C)cc1OC.Cl. The second-order valence-electron chi connectivity index (χ2n) is 6.91. The van der Waals surface area contributed by atoms with Gasteiger partial charge in [-0.25, -0.2) is 0 Å². The molecule has 0 fully saturated rings. The van der Waals surface area contributed by atoms with E-state index in [1.165, 1.54) is 0 Å². The minimum absolute atomic E-state index is 0. The number of methoxy groups -OCH3 is 2. The number of ether oxygens (including phenoxy) is 2. The fourth-order valence-electron chi connectivity index (χ4n) is 2.41. The topological polar surface area (TPSA) is 73.6 Å². The maximum Gasteiger partial charge on any atom is 0.236 e. The molecule has 138 valence electrons. The van der Waals surface area contributed by atoms with E-state index in [0.717, 1.165) is 5.56 Å². The zero-order valence-corrected chi connectivity index (χ0v) is 16.3. The van der Waals surface area contributed by atoms with Gasteiger partial charge in [-0.05, 0) is 30.0 Å². The largest absolute Gasteiger partial charge is 0.493 e. The average molecular weight is 359 g/mol. The summed E-state index contributed by atoms with van der Waals surface area (Å²) in [5.41, 5.74) is 6.74. The van der Waals surface area contributed by atoms with E-state index in [-0.39, 0.29) is 23.7 Å². The Hall–Kier alpha value is -1.46. The van der Waals surface area contributed by atoms with E-state index in [9.17, 15) is 4.79 Å². The molecule has 3 N–H and O–H groups in total. The van der Waals surface area contributed by atoms with Crippen LogP contribution in [0.1, 0.15) is 39.7 Å². The number of nitrogens with two attached hydrogens (primary N) is 1. The Balaban J connectivity index is 0.00000529.